The summed E-state index contributed by atoms with van der Waals surface area (Å²) in [5.41, 5.74) is -5.58. The van der Waals surface area contributed by atoms with Gasteiger partial charge in [-0.3, -0.25) is 0 Å². The molecule has 3 saturated carbocycles. The number of benzene rings is 2. The van der Waals surface area contributed by atoms with Crippen molar-refractivity contribution in [2.24, 2.45) is 35.5 Å². The van der Waals surface area contributed by atoms with E-state index in [9.17, 15) is 30.0 Å². The fourth-order valence-corrected chi connectivity index (χ4v) is 12.4. The van der Waals surface area contributed by atoms with Crippen molar-refractivity contribution in [2.45, 2.75) is 125 Å². The van der Waals surface area contributed by atoms with Crippen LogP contribution in [0.1, 0.15) is 86.4 Å². The molecule has 7 aliphatic rings. The number of esters is 2. The maximum atomic E-state index is 14.0. The van der Waals surface area contributed by atoms with Gasteiger partial charge in [0, 0.05) is 17.8 Å². The minimum absolute atomic E-state index is 0.0865. The lowest BCUT2D eigenvalue weighted by Gasteiger charge is -2.62. The van der Waals surface area contributed by atoms with Crippen LogP contribution in [-0.4, -0.2) is 104 Å². The first-order chi connectivity index (χ1) is 26.8. The van der Waals surface area contributed by atoms with E-state index >= 15 is 0 Å². The van der Waals surface area contributed by atoms with Crippen LogP contribution in [0.15, 0.2) is 72.8 Å². The third-order valence-electron chi connectivity index (χ3n) is 14.9. The van der Waals surface area contributed by atoms with Crippen LogP contribution in [0.2, 0.25) is 0 Å². The summed E-state index contributed by atoms with van der Waals surface area (Å²) >= 11 is 0. The predicted octanol–water partition coefficient (Wildman–Crippen LogP) is 4.33. The zero-order valence-corrected chi connectivity index (χ0v) is 32.3. The van der Waals surface area contributed by atoms with E-state index in [2.05, 4.69) is 13.5 Å². The lowest BCUT2D eigenvalue weighted by molar-refractivity contribution is -0.459. The zero-order valence-electron chi connectivity index (χ0n) is 32.3. The Morgan fingerprint density at radius 1 is 0.875 bits per heavy atom. The van der Waals surface area contributed by atoms with Crippen LogP contribution in [0.3, 0.4) is 0 Å². The first kappa shape index (κ1) is 38.3. The molecular formula is C44H54O12. The Labute approximate surface area is 327 Å². The molecule has 2 aromatic carbocycles. The molecule has 3 aliphatic carbocycles. The molecule has 0 radical (unpaired) electrons. The second-order valence-electron chi connectivity index (χ2n) is 17.8. The summed E-state index contributed by atoms with van der Waals surface area (Å²) in [7, 11) is 0. The predicted molar refractivity (Wildman–Crippen MR) is 199 cm³/mol. The van der Waals surface area contributed by atoms with Crippen LogP contribution in [-0.2, 0) is 28.4 Å². The van der Waals surface area contributed by atoms with Gasteiger partial charge in [-0.25, -0.2) is 9.59 Å². The van der Waals surface area contributed by atoms with Gasteiger partial charge in [0.25, 0.3) is 0 Å². The van der Waals surface area contributed by atoms with Gasteiger partial charge in [0.2, 0.25) is 0 Å². The van der Waals surface area contributed by atoms with E-state index in [1.807, 2.05) is 19.9 Å². The second kappa shape index (κ2) is 13.4. The van der Waals surface area contributed by atoms with Crippen LogP contribution >= 0.6 is 0 Å². The molecule has 4 N–H and O–H groups in total. The molecule has 12 heteroatoms. The first-order valence-electron chi connectivity index (χ1n) is 20.4. The number of hydrogen-bond donors (Lipinski definition) is 4. The highest BCUT2D eigenvalue weighted by Gasteiger charge is 2.91. The van der Waals surface area contributed by atoms with Gasteiger partial charge >= 0.3 is 17.9 Å². The van der Waals surface area contributed by atoms with E-state index in [-0.39, 0.29) is 24.5 Å². The van der Waals surface area contributed by atoms with Crippen molar-refractivity contribution in [1.82, 2.24) is 0 Å². The molecule has 2 aromatic rings. The Morgan fingerprint density at radius 2 is 1.52 bits per heavy atom. The Hall–Kier alpha value is -3.20. The van der Waals surface area contributed by atoms with Gasteiger partial charge in [0.15, 0.2) is 0 Å². The summed E-state index contributed by atoms with van der Waals surface area (Å²) in [5.74, 6) is -6.91. The lowest BCUT2D eigenvalue weighted by Crippen LogP contribution is -2.75. The van der Waals surface area contributed by atoms with Gasteiger partial charge in [0.1, 0.15) is 47.3 Å². The number of epoxide rings is 1. The molecule has 0 aromatic heterocycles. The average molecular weight is 775 g/mol. The van der Waals surface area contributed by atoms with Crippen LogP contribution in [0, 0.1) is 35.5 Å². The van der Waals surface area contributed by atoms with Crippen LogP contribution in [0.4, 0.5) is 0 Å². The zero-order chi connectivity index (χ0) is 39.4. The van der Waals surface area contributed by atoms with Crippen molar-refractivity contribution in [3.63, 3.8) is 0 Å². The SMILES string of the molecule is C=C(C)[C@]12C[C@@H](COC(=O)c3ccccc3)[C@@]34O[C@]5(O[C@@H]1[C@@H]3[C@@H]1O[C@]1(CO)[C@@H](O)[C@]1(O)C(OC(=O)c3ccccc3)[C@@H](C)[C@H]([C@H](C)CCCCCC[C@H]5O)[C@H]14)O2. The molecule has 0 amide bonds. The fourth-order valence-electron chi connectivity index (χ4n) is 12.4. The van der Waals surface area contributed by atoms with E-state index in [0.717, 1.165) is 25.7 Å². The molecule has 16 atom stereocenters. The van der Waals surface area contributed by atoms with Gasteiger partial charge in [-0.05, 0) is 67.4 Å². The maximum Gasteiger partial charge on any atom is 0.338 e. The van der Waals surface area contributed by atoms with Gasteiger partial charge in [0.05, 0.1) is 29.9 Å². The largest absolute Gasteiger partial charge is 0.462 e. The summed E-state index contributed by atoms with van der Waals surface area (Å²) in [6.45, 7) is 9.43. The second-order valence-corrected chi connectivity index (χ2v) is 17.8. The van der Waals surface area contributed by atoms with Crippen molar-refractivity contribution in [3.05, 3.63) is 83.9 Å². The Kier molecular flexibility index (Phi) is 9.19. The molecular weight excluding hydrogens is 720 g/mol. The molecule has 3 bridgehead atoms. The number of fused-ring (bicyclic) bond motifs is 1. The summed E-state index contributed by atoms with van der Waals surface area (Å²) in [4.78, 5) is 27.7. The molecule has 7 fully saturated rings. The minimum Gasteiger partial charge on any atom is -0.462 e. The molecule has 1 unspecified atom stereocenters. The summed E-state index contributed by atoms with van der Waals surface area (Å²) in [5, 5.41) is 50.1. The van der Waals surface area contributed by atoms with E-state index < -0.39 is 107 Å². The summed E-state index contributed by atoms with van der Waals surface area (Å²) in [6, 6.07) is 17.2. The van der Waals surface area contributed by atoms with Gasteiger partial charge in [-0.15, -0.1) is 0 Å². The Bertz CT molecular complexity index is 1860. The monoisotopic (exact) mass is 774 g/mol. The number of carbonyl (C=O) groups excluding carboxylic acids is 2. The van der Waals surface area contributed by atoms with Crippen molar-refractivity contribution in [2.75, 3.05) is 13.2 Å². The molecule has 12 nitrogen and oxygen atoms in total. The highest BCUT2D eigenvalue weighted by molar-refractivity contribution is 5.90. The van der Waals surface area contributed by atoms with Crippen molar-refractivity contribution >= 4 is 11.9 Å². The van der Waals surface area contributed by atoms with Crippen LogP contribution < -0.4 is 0 Å². The molecule has 56 heavy (non-hydrogen) atoms. The number of hydrogen-bond acceptors (Lipinski definition) is 12. The average Bonchev–Trinajstić information content (AvgIpc) is 3.84. The number of ether oxygens (including phenoxy) is 6. The molecule has 4 aliphatic heterocycles. The maximum absolute atomic E-state index is 14.0. The van der Waals surface area contributed by atoms with Gasteiger partial charge < -0.3 is 48.8 Å². The van der Waals surface area contributed by atoms with Crippen molar-refractivity contribution < 1.29 is 58.4 Å². The lowest BCUT2D eigenvalue weighted by atomic mass is 9.51. The minimum atomic E-state index is -2.27. The topological polar surface area (TPSA) is 174 Å². The van der Waals surface area contributed by atoms with E-state index in [1.54, 1.807) is 54.6 Å². The molecule has 2 spiro atoms. The quantitative estimate of drug-likeness (QED) is 0.179. The number of carbonyl (C=O) groups is 2. The molecule has 4 saturated heterocycles. The van der Waals surface area contributed by atoms with Crippen molar-refractivity contribution in [1.29, 1.82) is 0 Å². The van der Waals surface area contributed by atoms with E-state index in [0.29, 0.717) is 24.0 Å². The number of rotatable bonds is 7. The summed E-state index contributed by atoms with van der Waals surface area (Å²) in [6.07, 6.45) is -1.51. The Morgan fingerprint density at radius 3 is 2.16 bits per heavy atom. The standard InChI is InChI=1S/C44H54O12/c1-24(2)40-21-29(22-51-37(47)27-16-10-7-11-17-27)43-32-35(40)54-44(55-40,56-43)30(46)20-14-6-5-9-15-25(3)31-26(4)34(52-38(48)28-18-12-8-13-19-28)42(50,33(31)43)39(49)41(23-45)36(32)53-41/h7-8,10-13,16-19,25-26,29-36,39,45-46,49-50H,1,5-6,9,14-15,20-23H2,2-4H3/t25-,26+,29+,30-,31+,32-,33-,34?,35-,36+,39-,40-,41+,42-,43-,44-/m1/s1. The van der Waals surface area contributed by atoms with Gasteiger partial charge in [-0.2, -0.15) is 0 Å². The van der Waals surface area contributed by atoms with E-state index in [1.165, 1.54) is 0 Å². The van der Waals surface area contributed by atoms with Gasteiger partial charge in [-0.1, -0.05) is 88.9 Å². The van der Waals surface area contributed by atoms with Crippen LogP contribution in [0.25, 0.3) is 0 Å². The number of aliphatic hydroxyl groups excluding tert-OH is 3. The normalized spacial score (nSPS) is 47.3. The number of aliphatic hydroxyl groups is 4. The molecule has 9 rings (SSSR count). The van der Waals surface area contributed by atoms with E-state index in [4.69, 9.17) is 28.4 Å². The first-order valence-corrected chi connectivity index (χ1v) is 20.4. The van der Waals surface area contributed by atoms with Crippen LogP contribution in [0.5, 0.6) is 0 Å². The highest BCUT2D eigenvalue weighted by Crippen LogP contribution is 2.75. The molecule has 4 heterocycles. The third kappa shape index (κ3) is 5.12. The third-order valence-corrected chi connectivity index (χ3v) is 14.9. The smallest absolute Gasteiger partial charge is 0.338 e. The van der Waals surface area contributed by atoms with Crippen molar-refractivity contribution in [3.8, 4) is 0 Å². The summed E-state index contributed by atoms with van der Waals surface area (Å²) < 4.78 is 40.4. The highest BCUT2D eigenvalue weighted by atomic mass is 16.9. The fraction of sp³-hybridized carbons (Fsp3) is 0.636. The molecule has 302 valence electrons. The Balaban J connectivity index is 1.28.